The van der Waals surface area contributed by atoms with Gasteiger partial charge in [0.15, 0.2) is 0 Å². The Kier molecular flexibility index (Phi) is 4.99. The molecule has 1 saturated carbocycles. The number of aromatic nitrogens is 2. The summed E-state index contributed by atoms with van der Waals surface area (Å²) in [4.78, 5) is 17.0. The minimum atomic E-state index is 0.229. The van der Waals surface area contributed by atoms with E-state index in [2.05, 4.69) is 41.9 Å². The molecular formula is C19H27N3O. The molecule has 0 bridgehead atoms. The highest BCUT2D eigenvalue weighted by atomic mass is 16.1. The van der Waals surface area contributed by atoms with E-state index in [1.54, 1.807) is 0 Å². The first kappa shape index (κ1) is 16.0. The second-order valence-electron chi connectivity index (χ2n) is 6.86. The quantitative estimate of drug-likeness (QED) is 0.911. The lowest BCUT2D eigenvalue weighted by Gasteiger charge is -2.20. The Labute approximate surface area is 138 Å². The highest BCUT2D eigenvalue weighted by Gasteiger charge is 2.21. The zero-order valence-electron chi connectivity index (χ0n) is 14.2. The van der Waals surface area contributed by atoms with E-state index in [9.17, 15) is 4.79 Å². The summed E-state index contributed by atoms with van der Waals surface area (Å²) in [6.45, 7) is 5.03. The maximum Gasteiger partial charge on any atom is 0.223 e. The number of carbonyl (C=O) groups is 1. The van der Waals surface area contributed by atoms with E-state index in [4.69, 9.17) is 4.98 Å². The molecule has 3 rings (SSSR count). The lowest BCUT2D eigenvalue weighted by atomic mass is 9.89. The molecule has 1 aromatic heterocycles. The van der Waals surface area contributed by atoms with E-state index < -0.39 is 0 Å². The summed E-state index contributed by atoms with van der Waals surface area (Å²) in [5, 5.41) is 3.12. The molecule has 1 N–H and O–H groups in total. The molecule has 1 heterocycles. The molecule has 1 aromatic carbocycles. The van der Waals surface area contributed by atoms with Crippen LogP contribution in [0.5, 0.6) is 0 Å². The predicted octanol–water partition coefficient (Wildman–Crippen LogP) is 3.86. The summed E-state index contributed by atoms with van der Waals surface area (Å²) >= 11 is 0. The molecule has 0 saturated heterocycles. The molecule has 0 unspecified atom stereocenters. The monoisotopic (exact) mass is 313 g/mol. The van der Waals surface area contributed by atoms with Gasteiger partial charge in [-0.25, -0.2) is 4.98 Å². The second kappa shape index (κ2) is 7.16. The van der Waals surface area contributed by atoms with Gasteiger partial charge in [0.25, 0.3) is 0 Å². The highest BCUT2D eigenvalue weighted by molar-refractivity contribution is 5.78. The van der Waals surface area contributed by atoms with Gasteiger partial charge in [-0.05, 0) is 38.8 Å². The Morgan fingerprint density at radius 2 is 2.00 bits per heavy atom. The number of amides is 1. The van der Waals surface area contributed by atoms with Crippen LogP contribution >= 0.6 is 0 Å². The van der Waals surface area contributed by atoms with Gasteiger partial charge in [0.05, 0.1) is 11.0 Å². The lowest BCUT2D eigenvalue weighted by Crippen LogP contribution is -2.33. The Balaban J connectivity index is 1.65. The maximum absolute atomic E-state index is 12.2. The fraction of sp³-hybridized carbons (Fsp3) is 0.579. The number of imidazole rings is 1. The minimum absolute atomic E-state index is 0.229. The molecular weight excluding hydrogens is 286 g/mol. The van der Waals surface area contributed by atoms with Crippen molar-refractivity contribution in [1.29, 1.82) is 0 Å². The average Bonchev–Trinajstić information content (AvgIpc) is 2.94. The van der Waals surface area contributed by atoms with E-state index in [1.807, 2.05) is 6.07 Å². The zero-order valence-corrected chi connectivity index (χ0v) is 14.2. The van der Waals surface area contributed by atoms with Crippen molar-refractivity contribution in [2.24, 2.45) is 5.92 Å². The number of hydrogen-bond donors (Lipinski definition) is 1. The highest BCUT2D eigenvalue weighted by Crippen LogP contribution is 2.24. The third kappa shape index (κ3) is 3.57. The summed E-state index contributed by atoms with van der Waals surface area (Å²) in [6, 6.07) is 8.61. The summed E-state index contributed by atoms with van der Waals surface area (Å²) in [6.07, 6.45) is 6.56. The van der Waals surface area contributed by atoms with Gasteiger partial charge in [-0.1, -0.05) is 31.4 Å². The molecule has 124 valence electrons. The Morgan fingerprint density at radius 1 is 1.26 bits per heavy atom. The first-order valence-electron chi connectivity index (χ1n) is 8.90. The van der Waals surface area contributed by atoms with Crippen molar-refractivity contribution in [3.8, 4) is 0 Å². The van der Waals surface area contributed by atoms with Crippen molar-refractivity contribution in [1.82, 2.24) is 14.9 Å². The number of nitrogens with one attached hydrogen (secondary N) is 1. The van der Waals surface area contributed by atoms with Crippen molar-refractivity contribution in [2.45, 2.75) is 58.4 Å². The van der Waals surface area contributed by atoms with Crippen LogP contribution in [-0.2, 0) is 11.2 Å². The van der Waals surface area contributed by atoms with Gasteiger partial charge in [0.2, 0.25) is 5.91 Å². The third-order valence-electron chi connectivity index (χ3n) is 4.81. The average molecular weight is 313 g/mol. The van der Waals surface area contributed by atoms with E-state index in [-0.39, 0.29) is 11.8 Å². The van der Waals surface area contributed by atoms with E-state index in [0.29, 0.717) is 12.6 Å². The second-order valence-corrected chi connectivity index (χ2v) is 6.86. The van der Waals surface area contributed by atoms with Gasteiger partial charge in [-0.15, -0.1) is 0 Å². The van der Waals surface area contributed by atoms with Crippen LogP contribution in [0.15, 0.2) is 24.3 Å². The minimum Gasteiger partial charge on any atom is -0.355 e. The smallest absolute Gasteiger partial charge is 0.223 e. The number of hydrogen-bond acceptors (Lipinski definition) is 2. The van der Waals surface area contributed by atoms with E-state index in [1.165, 1.54) is 24.8 Å². The fourth-order valence-corrected chi connectivity index (χ4v) is 3.65. The van der Waals surface area contributed by atoms with Gasteiger partial charge < -0.3 is 9.88 Å². The predicted molar refractivity (Wildman–Crippen MR) is 93.4 cm³/mol. The zero-order chi connectivity index (χ0) is 16.2. The van der Waals surface area contributed by atoms with Gasteiger partial charge >= 0.3 is 0 Å². The van der Waals surface area contributed by atoms with Crippen LogP contribution in [-0.4, -0.2) is 22.0 Å². The van der Waals surface area contributed by atoms with Crippen LogP contribution < -0.4 is 5.32 Å². The number of nitrogens with zero attached hydrogens (tertiary/aromatic N) is 2. The van der Waals surface area contributed by atoms with E-state index in [0.717, 1.165) is 30.6 Å². The van der Waals surface area contributed by atoms with Crippen LogP contribution in [0.1, 0.15) is 57.8 Å². The summed E-state index contributed by atoms with van der Waals surface area (Å²) in [5.41, 5.74) is 2.21. The number of carbonyl (C=O) groups excluding carboxylic acids is 1. The first-order valence-corrected chi connectivity index (χ1v) is 8.90. The molecule has 2 aromatic rings. The molecule has 1 amide bonds. The first-order chi connectivity index (χ1) is 11.2. The molecule has 4 nitrogen and oxygen atoms in total. The van der Waals surface area contributed by atoms with E-state index >= 15 is 0 Å². The Bertz CT molecular complexity index is 668. The summed E-state index contributed by atoms with van der Waals surface area (Å²) in [7, 11) is 0. The normalized spacial score (nSPS) is 16.1. The summed E-state index contributed by atoms with van der Waals surface area (Å²) in [5.74, 6) is 1.52. The van der Waals surface area contributed by atoms with Crippen LogP contribution in [0, 0.1) is 5.92 Å². The standard InChI is InChI=1S/C19H27N3O/c1-14(2)22-17-11-7-6-10-16(17)21-18(22)12-13-20-19(23)15-8-4-3-5-9-15/h6-7,10-11,14-15H,3-5,8-9,12-13H2,1-2H3,(H,20,23). The number of fused-ring (bicyclic) bond motifs is 1. The molecule has 4 heteroatoms. The Hall–Kier alpha value is -1.84. The maximum atomic E-state index is 12.2. The molecule has 0 radical (unpaired) electrons. The van der Waals surface area contributed by atoms with Gasteiger partial charge in [-0.3, -0.25) is 4.79 Å². The van der Waals surface area contributed by atoms with Gasteiger partial charge in [-0.2, -0.15) is 0 Å². The number of para-hydroxylation sites is 2. The topological polar surface area (TPSA) is 46.9 Å². The van der Waals surface area contributed by atoms with Crippen molar-refractivity contribution in [3.05, 3.63) is 30.1 Å². The van der Waals surface area contributed by atoms with Crippen molar-refractivity contribution in [3.63, 3.8) is 0 Å². The van der Waals surface area contributed by atoms with Crippen molar-refractivity contribution < 1.29 is 4.79 Å². The fourth-order valence-electron chi connectivity index (χ4n) is 3.65. The largest absolute Gasteiger partial charge is 0.355 e. The summed E-state index contributed by atoms with van der Waals surface area (Å²) < 4.78 is 2.28. The molecule has 0 atom stereocenters. The molecule has 1 aliphatic rings. The molecule has 0 aliphatic heterocycles. The van der Waals surface area contributed by atoms with Crippen molar-refractivity contribution in [2.75, 3.05) is 6.54 Å². The lowest BCUT2D eigenvalue weighted by molar-refractivity contribution is -0.125. The SMILES string of the molecule is CC(C)n1c(CCNC(=O)C2CCCCC2)nc2ccccc21. The molecule has 23 heavy (non-hydrogen) atoms. The van der Waals surface area contributed by atoms with Crippen LogP contribution in [0.4, 0.5) is 0 Å². The third-order valence-corrected chi connectivity index (χ3v) is 4.81. The Morgan fingerprint density at radius 3 is 2.74 bits per heavy atom. The number of rotatable bonds is 5. The molecule has 0 spiro atoms. The van der Waals surface area contributed by atoms with Crippen LogP contribution in [0.2, 0.25) is 0 Å². The van der Waals surface area contributed by atoms with Gasteiger partial charge in [0, 0.05) is 24.9 Å². The van der Waals surface area contributed by atoms with Crippen LogP contribution in [0.25, 0.3) is 11.0 Å². The van der Waals surface area contributed by atoms with Crippen molar-refractivity contribution >= 4 is 16.9 Å². The molecule has 1 aliphatic carbocycles. The molecule has 1 fully saturated rings. The number of benzene rings is 1. The van der Waals surface area contributed by atoms with Crippen LogP contribution in [0.3, 0.4) is 0 Å². The van der Waals surface area contributed by atoms with Gasteiger partial charge in [0.1, 0.15) is 5.82 Å².